The van der Waals surface area contributed by atoms with Gasteiger partial charge in [-0.2, -0.15) is 0 Å². The number of aryl methyl sites for hydroxylation is 2. The Morgan fingerprint density at radius 2 is 1.84 bits per heavy atom. The maximum atomic E-state index is 13.1. The van der Waals surface area contributed by atoms with E-state index in [4.69, 9.17) is 4.74 Å². The van der Waals surface area contributed by atoms with E-state index in [0.29, 0.717) is 23.7 Å². The number of benzene rings is 2. The molecule has 1 aliphatic heterocycles. The number of carbonyl (C=O) groups is 1. The quantitative estimate of drug-likeness (QED) is 0.703. The highest BCUT2D eigenvalue weighted by atomic mass is 32.2. The first-order valence-electron chi connectivity index (χ1n) is 10.5. The Hall–Kier alpha value is -2.54. The van der Waals surface area contributed by atoms with E-state index in [9.17, 15) is 13.2 Å². The fraction of sp³-hybridized carbons (Fsp3) is 0.458. The number of nitrogens with one attached hydrogen (secondary N) is 1. The van der Waals surface area contributed by atoms with Crippen LogP contribution in [-0.2, 0) is 20.6 Å². The van der Waals surface area contributed by atoms with Gasteiger partial charge in [0, 0.05) is 12.6 Å². The van der Waals surface area contributed by atoms with Crippen LogP contribution < -0.4 is 14.4 Å². The summed E-state index contributed by atoms with van der Waals surface area (Å²) in [6, 6.07) is 10.9. The molecule has 1 N–H and O–H groups in total. The second-order valence-electron chi connectivity index (χ2n) is 9.46. The Bertz CT molecular complexity index is 1090. The molecule has 2 aromatic rings. The van der Waals surface area contributed by atoms with Crippen molar-refractivity contribution in [1.82, 2.24) is 0 Å². The molecule has 1 amide bonds. The lowest BCUT2D eigenvalue weighted by Gasteiger charge is -2.29. The molecule has 0 bridgehead atoms. The van der Waals surface area contributed by atoms with Crippen LogP contribution in [-0.4, -0.2) is 27.5 Å². The van der Waals surface area contributed by atoms with Crippen LogP contribution in [0.3, 0.4) is 0 Å². The van der Waals surface area contributed by atoms with E-state index in [1.54, 1.807) is 23.1 Å². The lowest BCUT2D eigenvalue weighted by Crippen LogP contribution is -2.43. The molecule has 168 valence electrons. The maximum Gasteiger partial charge on any atom is 0.236 e. The number of rotatable bonds is 6. The predicted octanol–water partition coefficient (Wildman–Crippen LogP) is 4.65. The maximum absolute atomic E-state index is 13.1. The van der Waals surface area contributed by atoms with Crippen LogP contribution in [0.4, 0.5) is 11.4 Å². The molecule has 0 radical (unpaired) electrons. The number of ether oxygens (including phenoxy) is 1. The summed E-state index contributed by atoms with van der Waals surface area (Å²) in [4.78, 5) is 14.8. The van der Waals surface area contributed by atoms with Gasteiger partial charge in [0.2, 0.25) is 15.9 Å². The summed E-state index contributed by atoms with van der Waals surface area (Å²) >= 11 is 0. The van der Waals surface area contributed by atoms with E-state index in [1.165, 1.54) is 0 Å². The van der Waals surface area contributed by atoms with Gasteiger partial charge < -0.3 is 9.64 Å². The first-order valence-corrected chi connectivity index (χ1v) is 12.2. The molecule has 0 spiro atoms. The number of fused-ring (bicyclic) bond motifs is 1. The standard InChI is InChI=1S/C24H32N2O4S/c1-16(2)13-26-21-10-9-20(12-22(21)30-15-24(5,6)23(26)27)25-31(28,29)14-19-11-17(3)7-8-18(19)4/h7-12,16,25H,13-15H2,1-6H3. The number of sulfonamides is 1. The minimum Gasteiger partial charge on any atom is -0.490 e. The van der Waals surface area contributed by atoms with Crippen LogP contribution in [0, 0.1) is 25.2 Å². The smallest absolute Gasteiger partial charge is 0.236 e. The second kappa shape index (κ2) is 8.54. The van der Waals surface area contributed by atoms with Crippen molar-refractivity contribution in [1.29, 1.82) is 0 Å². The SMILES string of the molecule is Cc1ccc(C)c(CS(=O)(=O)Nc2ccc3c(c2)OCC(C)(C)C(=O)N3CC(C)C)c1. The van der Waals surface area contributed by atoms with Crippen LogP contribution in [0.25, 0.3) is 0 Å². The van der Waals surface area contributed by atoms with Gasteiger partial charge in [-0.1, -0.05) is 37.6 Å². The highest BCUT2D eigenvalue weighted by molar-refractivity contribution is 7.91. The van der Waals surface area contributed by atoms with Crippen molar-refractivity contribution in [2.75, 3.05) is 22.8 Å². The largest absolute Gasteiger partial charge is 0.490 e. The van der Waals surface area contributed by atoms with Crippen molar-refractivity contribution in [3.05, 3.63) is 53.1 Å². The van der Waals surface area contributed by atoms with Crippen LogP contribution in [0.5, 0.6) is 5.75 Å². The van der Waals surface area contributed by atoms with Gasteiger partial charge in [0.25, 0.3) is 0 Å². The molecule has 0 aromatic heterocycles. The molecule has 7 heteroatoms. The van der Waals surface area contributed by atoms with Gasteiger partial charge in [0.1, 0.15) is 12.4 Å². The highest BCUT2D eigenvalue weighted by Gasteiger charge is 2.38. The Morgan fingerprint density at radius 3 is 2.52 bits per heavy atom. The Balaban J connectivity index is 1.89. The zero-order valence-electron chi connectivity index (χ0n) is 19.2. The number of nitrogens with zero attached hydrogens (tertiary/aromatic N) is 1. The van der Waals surface area contributed by atoms with Crippen molar-refractivity contribution in [3.63, 3.8) is 0 Å². The fourth-order valence-electron chi connectivity index (χ4n) is 3.63. The number of hydrogen-bond acceptors (Lipinski definition) is 4. The molecule has 2 aromatic carbocycles. The second-order valence-corrected chi connectivity index (χ2v) is 11.2. The average molecular weight is 445 g/mol. The Labute approximate surface area is 185 Å². The van der Waals surface area contributed by atoms with Gasteiger partial charge in [-0.05, 0) is 56.9 Å². The van der Waals surface area contributed by atoms with Gasteiger partial charge >= 0.3 is 0 Å². The van der Waals surface area contributed by atoms with E-state index in [1.807, 2.05) is 45.9 Å². The molecule has 0 atom stereocenters. The molecule has 6 nitrogen and oxygen atoms in total. The minimum absolute atomic E-state index is 0.00297. The lowest BCUT2D eigenvalue weighted by atomic mass is 9.92. The number of amides is 1. The fourth-order valence-corrected chi connectivity index (χ4v) is 4.91. The molecular formula is C24H32N2O4S. The Kier molecular flexibility index (Phi) is 6.37. The van der Waals surface area contributed by atoms with Gasteiger partial charge in [-0.3, -0.25) is 9.52 Å². The van der Waals surface area contributed by atoms with Crippen molar-refractivity contribution in [2.24, 2.45) is 11.3 Å². The molecule has 0 saturated heterocycles. The third-order valence-electron chi connectivity index (χ3n) is 5.33. The van der Waals surface area contributed by atoms with Crippen molar-refractivity contribution < 1.29 is 17.9 Å². The number of hydrogen-bond donors (Lipinski definition) is 1. The molecule has 0 unspecified atom stereocenters. The monoisotopic (exact) mass is 444 g/mol. The van der Waals surface area contributed by atoms with Crippen LogP contribution in [0.2, 0.25) is 0 Å². The third-order valence-corrected chi connectivity index (χ3v) is 6.57. The van der Waals surface area contributed by atoms with Gasteiger partial charge in [0.15, 0.2) is 0 Å². The summed E-state index contributed by atoms with van der Waals surface area (Å²) in [6.07, 6.45) is 0. The molecule has 31 heavy (non-hydrogen) atoms. The first-order chi connectivity index (χ1) is 14.4. The van der Waals surface area contributed by atoms with Crippen LogP contribution >= 0.6 is 0 Å². The normalized spacial score (nSPS) is 16.0. The molecule has 1 aliphatic rings. The Morgan fingerprint density at radius 1 is 1.13 bits per heavy atom. The molecular weight excluding hydrogens is 412 g/mol. The first kappa shape index (κ1) is 23.1. The van der Waals surface area contributed by atoms with E-state index in [-0.39, 0.29) is 24.2 Å². The summed E-state index contributed by atoms with van der Waals surface area (Å²) in [5.74, 6) is 0.680. The van der Waals surface area contributed by atoms with E-state index < -0.39 is 15.4 Å². The van der Waals surface area contributed by atoms with Crippen LogP contribution in [0.1, 0.15) is 44.4 Å². The molecule has 3 rings (SSSR count). The van der Waals surface area contributed by atoms with Crippen molar-refractivity contribution >= 4 is 27.3 Å². The topological polar surface area (TPSA) is 75.7 Å². The predicted molar refractivity (Wildman–Crippen MR) is 125 cm³/mol. The van der Waals surface area contributed by atoms with E-state index in [2.05, 4.69) is 18.6 Å². The molecule has 0 aliphatic carbocycles. The van der Waals surface area contributed by atoms with Crippen molar-refractivity contribution in [2.45, 2.75) is 47.3 Å². The number of carbonyl (C=O) groups excluding carboxylic acids is 1. The summed E-state index contributed by atoms with van der Waals surface area (Å²) in [7, 11) is -3.61. The minimum atomic E-state index is -3.61. The molecule has 0 fully saturated rings. The summed E-state index contributed by atoms with van der Waals surface area (Å²) in [6.45, 7) is 12.5. The molecule has 1 heterocycles. The van der Waals surface area contributed by atoms with Crippen molar-refractivity contribution in [3.8, 4) is 5.75 Å². The zero-order valence-corrected chi connectivity index (χ0v) is 20.0. The van der Waals surface area contributed by atoms with Crippen LogP contribution in [0.15, 0.2) is 36.4 Å². The average Bonchev–Trinajstić information content (AvgIpc) is 2.74. The summed E-state index contributed by atoms with van der Waals surface area (Å²) < 4.78 is 34.3. The summed E-state index contributed by atoms with van der Waals surface area (Å²) in [5.41, 5.74) is 3.14. The van der Waals surface area contributed by atoms with E-state index in [0.717, 1.165) is 16.7 Å². The van der Waals surface area contributed by atoms with E-state index >= 15 is 0 Å². The summed E-state index contributed by atoms with van der Waals surface area (Å²) in [5, 5.41) is 0. The zero-order chi connectivity index (χ0) is 23.0. The van der Waals surface area contributed by atoms with Gasteiger partial charge in [0.05, 0.1) is 22.5 Å². The van der Waals surface area contributed by atoms with Gasteiger partial charge in [-0.25, -0.2) is 8.42 Å². The molecule has 0 saturated carbocycles. The number of anilines is 2. The van der Waals surface area contributed by atoms with Gasteiger partial charge in [-0.15, -0.1) is 0 Å². The third kappa shape index (κ3) is 5.39. The lowest BCUT2D eigenvalue weighted by molar-refractivity contribution is -0.127. The highest BCUT2D eigenvalue weighted by Crippen LogP contribution is 2.38.